The van der Waals surface area contributed by atoms with Crippen molar-refractivity contribution >= 4 is 17.7 Å². The molecular weight excluding hydrogens is 302 g/mol. The van der Waals surface area contributed by atoms with Gasteiger partial charge in [-0.1, -0.05) is 42.5 Å². The van der Waals surface area contributed by atoms with Gasteiger partial charge in [0, 0.05) is 17.1 Å². The van der Waals surface area contributed by atoms with Crippen LogP contribution < -0.4 is 5.32 Å². The number of nitrogens with one attached hydrogen (secondary N) is 1. The molecule has 0 fully saturated rings. The summed E-state index contributed by atoms with van der Waals surface area (Å²) >= 11 is 1.89. The molecule has 0 spiro atoms. The molecule has 0 bridgehead atoms. The number of fused-ring (bicyclic) bond motifs is 2. The van der Waals surface area contributed by atoms with E-state index in [0.717, 1.165) is 25.0 Å². The Kier molecular flexibility index (Phi) is 4.13. The van der Waals surface area contributed by atoms with Crippen LogP contribution in [0.1, 0.15) is 47.9 Å². The zero-order chi connectivity index (χ0) is 15.6. The fourth-order valence-corrected chi connectivity index (χ4v) is 4.95. The van der Waals surface area contributed by atoms with Crippen LogP contribution in [0.5, 0.6) is 0 Å². The molecule has 23 heavy (non-hydrogen) atoms. The molecule has 1 amide bonds. The summed E-state index contributed by atoms with van der Waals surface area (Å²) in [6, 6.07) is 17.2. The van der Waals surface area contributed by atoms with Crippen LogP contribution in [0.3, 0.4) is 0 Å². The molecule has 3 heteroatoms. The Morgan fingerprint density at radius 3 is 2.74 bits per heavy atom. The lowest BCUT2D eigenvalue weighted by molar-refractivity contribution is -0.122. The fraction of sp³-hybridized carbons (Fsp3) is 0.350. The molecule has 2 unspecified atom stereocenters. The van der Waals surface area contributed by atoms with Gasteiger partial charge in [0.1, 0.15) is 0 Å². The molecule has 1 N–H and O–H groups in total. The van der Waals surface area contributed by atoms with Crippen LogP contribution >= 0.6 is 11.8 Å². The number of aryl methyl sites for hydroxylation is 1. The minimum atomic E-state index is 0.177. The van der Waals surface area contributed by atoms with Crippen molar-refractivity contribution in [3.05, 3.63) is 65.2 Å². The predicted octanol–water partition coefficient (Wildman–Crippen LogP) is 4.46. The first kappa shape index (κ1) is 14.8. The molecule has 0 saturated heterocycles. The molecule has 0 saturated carbocycles. The first-order valence-corrected chi connectivity index (χ1v) is 9.39. The van der Waals surface area contributed by atoms with E-state index in [1.165, 1.54) is 21.6 Å². The van der Waals surface area contributed by atoms with Gasteiger partial charge in [-0.2, -0.15) is 0 Å². The SMILES string of the molecule is O=C(CC1CCc2ccccc21)NC1CCSc2ccccc21. The average Bonchev–Trinajstić information content (AvgIpc) is 2.98. The van der Waals surface area contributed by atoms with Crippen molar-refractivity contribution < 1.29 is 4.79 Å². The molecule has 2 aliphatic rings. The van der Waals surface area contributed by atoms with E-state index in [-0.39, 0.29) is 11.9 Å². The first-order chi connectivity index (χ1) is 11.3. The number of carbonyl (C=O) groups is 1. The Hall–Kier alpha value is -1.74. The van der Waals surface area contributed by atoms with Gasteiger partial charge in [-0.15, -0.1) is 11.8 Å². The number of hydrogen-bond donors (Lipinski definition) is 1. The normalized spacial score (nSPS) is 22.3. The van der Waals surface area contributed by atoms with Crippen LogP contribution in [-0.2, 0) is 11.2 Å². The van der Waals surface area contributed by atoms with Crippen LogP contribution in [0.25, 0.3) is 0 Å². The van der Waals surface area contributed by atoms with Crippen LogP contribution in [0, 0.1) is 0 Å². The van der Waals surface area contributed by atoms with Gasteiger partial charge < -0.3 is 5.32 Å². The Balaban J connectivity index is 1.44. The van der Waals surface area contributed by atoms with Crippen LogP contribution in [0.15, 0.2) is 53.4 Å². The standard InChI is InChI=1S/C20H21NOS/c22-20(13-15-10-9-14-5-1-2-6-16(14)15)21-18-11-12-23-19-8-4-3-7-17(18)19/h1-8,15,18H,9-13H2,(H,21,22). The molecule has 0 aromatic heterocycles. The van der Waals surface area contributed by atoms with Gasteiger partial charge in [0.15, 0.2) is 0 Å². The average molecular weight is 323 g/mol. The van der Waals surface area contributed by atoms with Crippen LogP contribution in [-0.4, -0.2) is 11.7 Å². The van der Waals surface area contributed by atoms with E-state index >= 15 is 0 Å². The maximum atomic E-state index is 12.6. The van der Waals surface area contributed by atoms with Gasteiger partial charge in [-0.05, 0) is 47.9 Å². The molecule has 2 aromatic carbocycles. The number of hydrogen-bond acceptors (Lipinski definition) is 2. The third kappa shape index (κ3) is 3.02. The highest BCUT2D eigenvalue weighted by molar-refractivity contribution is 7.99. The minimum absolute atomic E-state index is 0.177. The topological polar surface area (TPSA) is 29.1 Å². The smallest absolute Gasteiger partial charge is 0.221 e. The van der Waals surface area contributed by atoms with E-state index in [9.17, 15) is 4.79 Å². The number of rotatable bonds is 3. The summed E-state index contributed by atoms with van der Waals surface area (Å²) in [4.78, 5) is 13.9. The van der Waals surface area contributed by atoms with E-state index in [4.69, 9.17) is 0 Å². The summed E-state index contributed by atoms with van der Waals surface area (Å²) in [5.41, 5.74) is 4.08. The van der Waals surface area contributed by atoms with Crippen molar-refractivity contribution in [1.29, 1.82) is 0 Å². The molecule has 0 radical (unpaired) electrons. The number of amides is 1. The third-order valence-electron chi connectivity index (χ3n) is 4.98. The van der Waals surface area contributed by atoms with Gasteiger partial charge >= 0.3 is 0 Å². The monoisotopic (exact) mass is 323 g/mol. The molecule has 2 aromatic rings. The summed E-state index contributed by atoms with van der Waals surface area (Å²) in [5, 5.41) is 3.28. The molecular formula is C20H21NOS. The highest BCUT2D eigenvalue weighted by Crippen LogP contribution is 2.37. The molecule has 1 aliphatic carbocycles. The Labute approximate surface area is 141 Å². The zero-order valence-electron chi connectivity index (χ0n) is 13.1. The van der Waals surface area contributed by atoms with Gasteiger partial charge in [0.2, 0.25) is 5.91 Å². The molecule has 4 rings (SSSR count). The summed E-state index contributed by atoms with van der Waals surface area (Å²) in [5.74, 6) is 1.66. The van der Waals surface area contributed by atoms with Crippen molar-refractivity contribution in [2.24, 2.45) is 0 Å². The second kappa shape index (κ2) is 6.40. The van der Waals surface area contributed by atoms with Gasteiger partial charge in [-0.25, -0.2) is 0 Å². The van der Waals surface area contributed by atoms with Crippen molar-refractivity contribution in [1.82, 2.24) is 5.32 Å². The lowest BCUT2D eigenvalue weighted by atomic mass is 9.96. The highest BCUT2D eigenvalue weighted by atomic mass is 32.2. The van der Waals surface area contributed by atoms with Crippen LogP contribution in [0.4, 0.5) is 0 Å². The molecule has 2 atom stereocenters. The number of benzene rings is 2. The van der Waals surface area contributed by atoms with Crippen molar-refractivity contribution in [2.75, 3.05) is 5.75 Å². The van der Waals surface area contributed by atoms with E-state index in [1.54, 1.807) is 0 Å². The quantitative estimate of drug-likeness (QED) is 0.903. The van der Waals surface area contributed by atoms with E-state index in [0.29, 0.717) is 12.3 Å². The third-order valence-corrected chi connectivity index (χ3v) is 6.11. The van der Waals surface area contributed by atoms with E-state index < -0.39 is 0 Å². The van der Waals surface area contributed by atoms with Crippen molar-refractivity contribution in [3.8, 4) is 0 Å². The van der Waals surface area contributed by atoms with Crippen LogP contribution in [0.2, 0.25) is 0 Å². The first-order valence-electron chi connectivity index (χ1n) is 8.40. The maximum absolute atomic E-state index is 12.6. The second-order valence-electron chi connectivity index (χ2n) is 6.43. The Morgan fingerprint density at radius 2 is 1.83 bits per heavy atom. The lowest BCUT2D eigenvalue weighted by Gasteiger charge is -2.26. The number of carbonyl (C=O) groups excluding carboxylic acids is 1. The van der Waals surface area contributed by atoms with Crippen molar-refractivity contribution in [3.63, 3.8) is 0 Å². The van der Waals surface area contributed by atoms with Gasteiger partial charge in [-0.3, -0.25) is 4.79 Å². The summed E-state index contributed by atoms with van der Waals surface area (Å²) in [7, 11) is 0. The summed E-state index contributed by atoms with van der Waals surface area (Å²) in [6.45, 7) is 0. The summed E-state index contributed by atoms with van der Waals surface area (Å²) in [6.07, 6.45) is 3.85. The predicted molar refractivity (Wildman–Crippen MR) is 94.8 cm³/mol. The molecule has 118 valence electrons. The molecule has 1 heterocycles. The zero-order valence-corrected chi connectivity index (χ0v) is 13.9. The highest BCUT2D eigenvalue weighted by Gasteiger charge is 2.26. The number of thioether (sulfide) groups is 1. The minimum Gasteiger partial charge on any atom is -0.349 e. The Morgan fingerprint density at radius 1 is 1.04 bits per heavy atom. The lowest BCUT2D eigenvalue weighted by Crippen LogP contribution is -2.31. The fourth-order valence-electron chi connectivity index (χ4n) is 3.83. The van der Waals surface area contributed by atoms with Crippen molar-refractivity contribution in [2.45, 2.75) is 42.5 Å². The second-order valence-corrected chi connectivity index (χ2v) is 7.57. The maximum Gasteiger partial charge on any atom is 0.221 e. The molecule has 2 nitrogen and oxygen atoms in total. The Bertz CT molecular complexity index is 727. The molecule has 1 aliphatic heterocycles. The van der Waals surface area contributed by atoms with Gasteiger partial charge in [0.05, 0.1) is 6.04 Å². The van der Waals surface area contributed by atoms with E-state index in [1.807, 2.05) is 11.8 Å². The summed E-state index contributed by atoms with van der Waals surface area (Å²) < 4.78 is 0. The largest absolute Gasteiger partial charge is 0.349 e. The van der Waals surface area contributed by atoms with E-state index in [2.05, 4.69) is 53.8 Å². The van der Waals surface area contributed by atoms with Gasteiger partial charge in [0.25, 0.3) is 0 Å².